The maximum absolute atomic E-state index is 11.0. The van der Waals surface area contributed by atoms with Gasteiger partial charge in [-0.15, -0.1) is 23.5 Å². The standard InChI is InChI=1S/C38H34O3S2/c1-4-38(39)40-25-5-6-26-43-36-22-17-31(18-23-36)8-7-30-10-13-34(14-11-30)28-41-37-24-19-33(27-29(37)2)12-9-32-15-20-35(42-3)21-16-32/h4,10-11,13-24,27H,1,5-6,25-26,28H2,2-3H3. The van der Waals surface area contributed by atoms with Crippen LogP contribution in [-0.4, -0.2) is 24.6 Å². The molecule has 0 amide bonds. The van der Waals surface area contributed by atoms with Gasteiger partial charge in [-0.2, -0.15) is 0 Å². The molecule has 0 atom stereocenters. The van der Waals surface area contributed by atoms with Gasteiger partial charge in [0.1, 0.15) is 12.4 Å². The molecule has 0 aliphatic heterocycles. The largest absolute Gasteiger partial charge is 0.489 e. The molecule has 0 aliphatic rings. The molecule has 0 unspecified atom stereocenters. The van der Waals surface area contributed by atoms with Crippen LogP contribution in [0, 0.1) is 30.6 Å². The zero-order valence-electron chi connectivity index (χ0n) is 24.5. The number of carbonyl (C=O) groups is 1. The fourth-order valence-electron chi connectivity index (χ4n) is 3.96. The highest BCUT2D eigenvalue weighted by atomic mass is 32.2. The summed E-state index contributed by atoms with van der Waals surface area (Å²) in [6.45, 7) is 6.36. The molecule has 0 radical (unpaired) electrons. The average Bonchev–Trinajstić information content (AvgIpc) is 3.05. The first-order valence-corrected chi connectivity index (χ1v) is 16.3. The van der Waals surface area contributed by atoms with Crippen molar-refractivity contribution in [3.8, 4) is 29.4 Å². The van der Waals surface area contributed by atoms with E-state index in [1.807, 2.05) is 43.3 Å². The van der Waals surface area contributed by atoms with Crippen molar-refractivity contribution in [3.63, 3.8) is 0 Å². The summed E-state index contributed by atoms with van der Waals surface area (Å²) in [4.78, 5) is 13.5. The van der Waals surface area contributed by atoms with E-state index in [1.165, 1.54) is 15.9 Å². The van der Waals surface area contributed by atoms with E-state index in [4.69, 9.17) is 9.47 Å². The summed E-state index contributed by atoms with van der Waals surface area (Å²) in [6, 6.07) is 30.8. The number of esters is 1. The zero-order chi connectivity index (χ0) is 30.3. The van der Waals surface area contributed by atoms with Gasteiger partial charge in [0, 0.05) is 38.1 Å². The molecule has 0 saturated heterocycles. The second kappa shape index (κ2) is 17.0. The van der Waals surface area contributed by atoms with Crippen LogP contribution in [0.4, 0.5) is 0 Å². The molecule has 0 fully saturated rings. The molecule has 0 spiro atoms. The van der Waals surface area contributed by atoms with E-state index in [0.717, 1.165) is 57.7 Å². The number of benzene rings is 4. The van der Waals surface area contributed by atoms with Gasteiger partial charge in [0.15, 0.2) is 0 Å². The topological polar surface area (TPSA) is 35.5 Å². The number of hydrogen-bond acceptors (Lipinski definition) is 5. The summed E-state index contributed by atoms with van der Waals surface area (Å²) < 4.78 is 11.1. The lowest BCUT2D eigenvalue weighted by atomic mass is 10.1. The molecule has 216 valence electrons. The molecule has 0 aromatic heterocycles. The van der Waals surface area contributed by atoms with E-state index in [-0.39, 0.29) is 5.97 Å². The van der Waals surface area contributed by atoms with E-state index in [9.17, 15) is 4.79 Å². The van der Waals surface area contributed by atoms with Gasteiger partial charge in [0.25, 0.3) is 0 Å². The Kier molecular flexibility index (Phi) is 12.5. The molecular weight excluding hydrogens is 569 g/mol. The Bertz CT molecular complexity index is 1630. The van der Waals surface area contributed by atoms with E-state index in [2.05, 4.69) is 91.1 Å². The average molecular weight is 603 g/mol. The van der Waals surface area contributed by atoms with Gasteiger partial charge in [-0.1, -0.05) is 42.4 Å². The van der Waals surface area contributed by atoms with E-state index in [1.54, 1.807) is 23.5 Å². The summed E-state index contributed by atoms with van der Waals surface area (Å²) in [5.41, 5.74) is 6.06. The van der Waals surface area contributed by atoms with Crippen LogP contribution in [0.5, 0.6) is 5.75 Å². The zero-order valence-corrected chi connectivity index (χ0v) is 26.2. The fourth-order valence-corrected chi connectivity index (χ4v) is 5.28. The normalized spacial score (nSPS) is 10.1. The summed E-state index contributed by atoms with van der Waals surface area (Å²) >= 11 is 3.52. The molecule has 43 heavy (non-hydrogen) atoms. The minimum atomic E-state index is -0.363. The predicted octanol–water partition coefficient (Wildman–Crippen LogP) is 8.70. The Morgan fingerprint density at radius 3 is 1.91 bits per heavy atom. The number of hydrogen-bond donors (Lipinski definition) is 0. The molecule has 4 aromatic rings. The van der Waals surface area contributed by atoms with Crippen LogP contribution >= 0.6 is 23.5 Å². The van der Waals surface area contributed by atoms with Crippen LogP contribution < -0.4 is 4.74 Å². The molecule has 0 N–H and O–H groups in total. The third-order valence-corrected chi connectivity index (χ3v) is 8.23. The van der Waals surface area contributed by atoms with E-state index >= 15 is 0 Å². The van der Waals surface area contributed by atoms with Crippen molar-refractivity contribution in [1.29, 1.82) is 0 Å². The molecule has 5 heteroatoms. The minimum absolute atomic E-state index is 0.363. The maximum atomic E-state index is 11.0. The summed E-state index contributed by atoms with van der Waals surface area (Å²) in [5, 5.41) is 0. The molecule has 0 heterocycles. The highest BCUT2D eigenvalue weighted by Crippen LogP contribution is 2.22. The molecule has 0 saturated carbocycles. The van der Waals surface area contributed by atoms with Crippen molar-refractivity contribution < 1.29 is 14.3 Å². The van der Waals surface area contributed by atoms with E-state index in [0.29, 0.717) is 13.2 Å². The lowest BCUT2D eigenvalue weighted by Gasteiger charge is -2.09. The summed E-state index contributed by atoms with van der Waals surface area (Å²) in [7, 11) is 0. The fraction of sp³-hybridized carbons (Fsp3) is 0.184. The minimum Gasteiger partial charge on any atom is -0.489 e. The second-order valence-electron chi connectivity index (χ2n) is 9.65. The van der Waals surface area contributed by atoms with Gasteiger partial charge in [-0.25, -0.2) is 4.79 Å². The van der Waals surface area contributed by atoms with Crippen LogP contribution in [0.3, 0.4) is 0 Å². The van der Waals surface area contributed by atoms with Crippen molar-refractivity contribution in [2.24, 2.45) is 0 Å². The van der Waals surface area contributed by atoms with E-state index < -0.39 is 0 Å². The third-order valence-electron chi connectivity index (χ3n) is 6.39. The summed E-state index contributed by atoms with van der Waals surface area (Å²) in [6.07, 6.45) is 5.09. The van der Waals surface area contributed by atoms with Gasteiger partial charge < -0.3 is 9.47 Å². The number of rotatable bonds is 11. The number of carbonyl (C=O) groups excluding carboxylic acids is 1. The van der Waals surface area contributed by atoms with Gasteiger partial charge >= 0.3 is 5.97 Å². The van der Waals surface area contributed by atoms with Crippen molar-refractivity contribution in [2.75, 3.05) is 18.6 Å². The monoisotopic (exact) mass is 602 g/mol. The molecule has 4 rings (SSSR count). The molecule has 0 aliphatic carbocycles. The van der Waals surface area contributed by atoms with Gasteiger partial charge in [-0.3, -0.25) is 0 Å². The molecule has 3 nitrogen and oxygen atoms in total. The Morgan fingerprint density at radius 1 is 0.767 bits per heavy atom. The lowest BCUT2D eigenvalue weighted by molar-refractivity contribution is -0.137. The number of thioether (sulfide) groups is 2. The van der Waals surface area contributed by atoms with Crippen molar-refractivity contribution in [3.05, 3.63) is 137 Å². The first-order chi connectivity index (χ1) is 21.0. The van der Waals surface area contributed by atoms with Gasteiger partial charge in [0.2, 0.25) is 0 Å². The highest BCUT2D eigenvalue weighted by Gasteiger charge is 2.02. The maximum Gasteiger partial charge on any atom is 0.330 e. The first-order valence-electron chi connectivity index (χ1n) is 14.0. The number of unbranched alkanes of at least 4 members (excludes halogenated alkanes) is 1. The second-order valence-corrected chi connectivity index (χ2v) is 11.7. The Morgan fingerprint density at radius 2 is 1.33 bits per heavy atom. The molecule has 4 aromatic carbocycles. The van der Waals surface area contributed by atoms with Crippen LogP contribution in [0.15, 0.2) is 113 Å². The van der Waals surface area contributed by atoms with Crippen molar-refractivity contribution in [1.82, 2.24) is 0 Å². The smallest absolute Gasteiger partial charge is 0.330 e. The quantitative estimate of drug-likeness (QED) is 0.0564. The molecule has 0 bridgehead atoms. The van der Waals surface area contributed by atoms with Crippen molar-refractivity contribution in [2.45, 2.75) is 36.2 Å². The van der Waals surface area contributed by atoms with Gasteiger partial charge in [0.05, 0.1) is 6.61 Å². The Hall–Kier alpha value is -4.29. The predicted molar refractivity (Wildman–Crippen MR) is 180 cm³/mol. The van der Waals surface area contributed by atoms with Crippen LogP contribution in [0.1, 0.15) is 46.2 Å². The Balaban J connectivity index is 1.22. The van der Waals surface area contributed by atoms with Crippen LogP contribution in [0.2, 0.25) is 0 Å². The lowest BCUT2D eigenvalue weighted by Crippen LogP contribution is -2.01. The summed E-state index contributed by atoms with van der Waals surface area (Å²) in [5.74, 6) is 14.4. The van der Waals surface area contributed by atoms with Gasteiger partial charge in [-0.05, 0) is 122 Å². The number of aryl methyl sites for hydroxylation is 1. The first kappa shape index (κ1) is 31.6. The SMILES string of the molecule is C=CC(=O)OCCCCSc1ccc(C#Cc2ccc(COc3ccc(C#Cc4ccc(SC)cc4)cc3C)cc2)cc1. The van der Waals surface area contributed by atoms with Crippen molar-refractivity contribution >= 4 is 29.5 Å². The molecular formula is C38H34O3S2. The van der Waals surface area contributed by atoms with Crippen LogP contribution in [0.25, 0.3) is 0 Å². The third kappa shape index (κ3) is 10.8. The number of ether oxygens (including phenoxy) is 2. The Labute approximate surface area is 264 Å². The van der Waals surface area contributed by atoms with Crippen LogP contribution in [-0.2, 0) is 16.1 Å². The highest BCUT2D eigenvalue weighted by molar-refractivity contribution is 7.99.